The van der Waals surface area contributed by atoms with Gasteiger partial charge < -0.3 is 10.2 Å². The molecule has 1 amide bonds. The number of benzene rings is 1. The monoisotopic (exact) mass is 230 g/mol. The van der Waals surface area contributed by atoms with Gasteiger partial charge in [-0.25, -0.2) is 0 Å². The molecule has 1 unspecified atom stereocenters. The Labute approximate surface area is 102 Å². The minimum atomic E-state index is 0.261. The zero-order valence-corrected chi connectivity index (χ0v) is 9.98. The van der Waals surface area contributed by atoms with Crippen LogP contribution in [0.15, 0.2) is 24.3 Å². The van der Waals surface area contributed by atoms with Gasteiger partial charge in [-0.2, -0.15) is 0 Å². The summed E-state index contributed by atoms with van der Waals surface area (Å²) in [6, 6.07) is 8.16. The SMILES string of the molecule is O=C1Cc2ccccc2N1CC1CCCNC1. The van der Waals surface area contributed by atoms with E-state index in [4.69, 9.17) is 0 Å². The van der Waals surface area contributed by atoms with E-state index in [-0.39, 0.29) is 5.91 Å². The molecule has 90 valence electrons. The van der Waals surface area contributed by atoms with Gasteiger partial charge in [0.1, 0.15) is 0 Å². The molecule has 2 heterocycles. The Hall–Kier alpha value is -1.35. The largest absolute Gasteiger partial charge is 0.316 e. The Bertz CT molecular complexity index is 424. The van der Waals surface area contributed by atoms with Crippen LogP contribution in [0.1, 0.15) is 18.4 Å². The molecular formula is C14H18N2O. The van der Waals surface area contributed by atoms with Crippen molar-refractivity contribution < 1.29 is 4.79 Å². The highest BCUT2D eigenvalue weighted by Gasteiger charge is 2.29. The van der Waals surface area contributed by atoms with Crippen molar-refractivity contribution in [3.05, 3.63) is 29.8 Å². The van der Waals surface area contributed by atoms with Gasteiger partial charge in [-0.05, 0) is 43.5 Å². The molecule has 1 fully saturated rings. The number of carbonyl (C=O) groups is 1. The average molecular weight is 230 g/mol. The van der Waals surface area contributed by atoms with Crippen LogP contribution < -0.4 is 10.2 Å². The van der Waals surface area contributed by atoms with E-state index in [0.29, 0.717) is 12.3 Å². The van der Waals surface area contributed by atoms with E-state index in [1.54, 1.807) is 0 Å². The molecule has 2 aliphatic rings. The van der Waals surface area contributed by atoms with Gasteiger partial charge >= 0.3 is 0 Å². The highest BCUT2D eigenvalue weighted by Crippen LogP contribution is 2.29. The van der Waals surface area contributed by atoms with Crippen LogP contribution in [-0.4, -0.2) is 25.5 Å². The molecule has 3 heteroatoms. The van der Waals surface area contributed by atoms with Gasteiger partial charge in [-0.1, -0.05) is 18.2 Å². The van der Waals surface area contributed by atoms with E-state index in [9.17, 15) is 4.79 Å². The Morgan fingerprint density at radius 1 is 1.35 bits per heavy atom. The lowest BCUT2D eigenvalue weighted by Crippen LogP contribution is -2.39. The van der Waals surface area contributed by atoms with Crippen LogP contribution >= 0.6 is 0 Å². The van der Waals surface area contributed by atoms with Crippen molar-refractivity contribution in [3.63, 3.8) is 0 Å². The van der Waals surface area contributed by atoms with Crippen LogP contribution in [0.5, 0.6) is 0 Å². The van der Waals surface area contributed by atoms with Crippen molar-refractivity contribution in [3.8, 4) is 0 Å². The van der Waals surface area contributed by atoms with Crippen LogP contribution in [0.25, 0.3) is 0 Å². The summed E-state index contributed by atoms with van der Waals surface area (Å²) in [5.74, 6) is 0.871. The van der Waals surface area contributed by atoms with E-state index in [2.05, 4.69) is 17.4 Å². The van der Waals surface area contributed by atoms with Crippen molar-refractivity contribution in [2.75, 3.05) is 24.5 Å². The minimum Gasteiger partial charge on any atom is -0.316 e. The van der Waals surface area contributed by atoms with E-state index in [0.717, 1.165) is 25.3 Å². The maximum absolute atomic E-state index is 12.0. The Balaban J connectivity index is 1.76. The lowest BCUT2D eigenvalue weighted by Gasteiger charge is -2.27. The quantitative estimate of drug-likeness (QED) is 0.836. The van der Waals surface area contributed by atoms with Crippen LogP contribution in [0.3, 0.4) is 0 Å². The molecule has 0 aromatic heterocycles. The van der Waals surface area contributed by atoms with Gasteiger partial charge in [-0.15, -0.1) is 0 Å². The predicted molar refractivity (Wildman–Crippen MR) is 68.1 cm³/mol. The Morgan fingerprint density at radius 2 is 2.24 bits per heavy atom. The molecule has 1 atom stereocenters. The van der Waals surface area contributed by atoms with Crippen LogP contribution in [-0.2, 0) is 11.2 Å². The third-order valence-corrected chi connectivity index (χ3v) is 3.76. The molecule has 1 saturated heterocycles. The van der Waals surface area contributed by atoms with Gasteiger partial charge in [-0.3, -0.25) is 4.79 Å². The van der Waals surface area contributed by atoms with Gasteiger partial charge in [0.15, 0.2) is 0 Å². The third kappa shape index (κ3) is 2.07. The molecular weight excluding hydrogens is 212 g/mol. The third-order valence-electron chi connectivity index (χ3n) is 3.76. The van der Waals surface area contributed by atoms with Crippen LogP contribution in [0, 0.1) is 5.92 Å². The standard InChI is InChI=1S/C14H18N2O/c17-14-8-12-5-1-2-6-13(12)16(14)10-11-4-3-7-15-9-11/h1-2,5-6,11,15H,3-4,7-10H2. The van der Waals surface area contributed by atoms with Crippen molar-refractivity contribution in [2.45, 2.75) is 19.3 Å². The number of carbonyl (C=O) groups excluding carboxylic acids is 1. The summed E-state index contributed by atoms with van der Waals surface area (Å²) >= 11 is 0. The number of hydrogen-bond acceptors (Lipinski definition) is 2. The summed E-state index contributed by atoms with van der Waals surface area (Å²) in [5.41, 5.74) is 2.31. The first-order valence-corrected chi connectivity index (χ1v) is 6.43. The molecule has 0 bridgehead atoms. The number of anilines is 1. The zero-order valence-electron chi connectivity index (χ0n) is 9.98. The smallest absolute Gasteiger partial charge is 0.231 e. The fraction of sp³-hybridized carbons (Fsp3) is 0.500. The summed E-state index contributed by atoms with van der Waals surface area (Å²) in [6.07, 6.45) is 3.05. The molecule has 0 radical (unpaired) electrons. The number of para-hydroxylation sites is 1. The van der Waals surface area contributed by atoms with Gasteiger partial charge in [0, 0.05) is 12.2 Å². The maximum Gasteiger partial charge on any atom is 0.231 e. The van der Waals surface area contributed by atoms with Gasteiger partial charge in [0.05, 0.1) is 6.42 Å². The van der Waals surface area contributed by atoms with Crippen molar-refractivity contribution in [1.82, 2.24) is 5.32 Å². The molecule has 1 aromatic carbocycles. The van der Waals surface area contributed by atoms with Crippen LogP contribution in [0.4, 0.5) is 5.69 Å². The minimum absolute atomic E-state index is 0.261. The summed E-state index contributed by atoms with van der Waals surface area (Å²) in [5, 5.41) is 3.41. The second-order valence-electron chi connectivity index (χ2n) is 5.02. The molecule has 2 aliphatic heterocycles. The molecule has 0 spiro atoms. The number of nitrogens with zero attached hydrogens (tertiary/aromatic N) is 1. The van der Waals surface area contributed by atoms with Crippen LogP contribution in [0.2, 0.25) is 0 Å². The van der Waals surface area contributed by atoms with E-state index in [1.165, 1.54) is 18.4 Å². The van der Waals surface area contributed by atoms with Crippen molar-refractivity contribution >= 4 is 11.6 Å². The number of nitrogens with one attached hydrogen (secondary N) is 1. The second-order valence-corrected chi connectivity index (χ2v) is 5.02. The zero-order chi connectivity index (χ0) is 11.7. The lowest BCUT2D eigenvalue weighted by atomic mass is 9.99. The summed E-state index contributed by atoms with van der Waals surface area (Å²) < 4.78 is 0. The number of fused-ring (bicyclic) bond motifs is 1. The topological polar surface area (TPSA) is 32.3 Å². The van der Waals surface area contributed by atoms with Crippen molar-refractivity contribution in [2.24, 2.45) is 5.92 Å². The molecule has 1 aromatic rings. The molecule has 3 nitrogen and oxygen atoms in total. The fourth-order valence-corrected chi connectivity index (χ4v) is 2.85. The first kappa shape index (κ1) is 10.8. The molecule has 3 rings (SSSR count). The van der Waals surface area contributed by atoms with E-state index >= 15 is 0 Å². The summed E-state index contributed by atoms with van der Waals surface area (Å²) in [4.78, 5) is 14.0. The number of rotatable bonds is 2. The number of hydrogen-bond donors (Lipinski definition) is 1. The average Bonchev–Trinajstić information content (AvgIpc) is 2.68. The Kier molecular flexibility index (Phi) is 2.85. The molecule has 0 aliphatic carbocycles. The fourth-order valence-electron chi connectivity index (χ4n) is 2.85. The summed E-state index contributed by atoms with van der Waals surface area (Å²) in [7, 11) is 0. The first-order valence-electron chi connectivity index (χ1n) is 6.43. The maximum atomic E-state index is 12.0. The Morgan fingerprint density at radius 3 is 3.06 bits per heavy atom. The van der Waals surface area contributed by atoms with Gasteiger partial charge in [0.2, 0.25) is 5.91 Å². The summed E-state index contributed by atoms with van der Waals surface area (Å²) in [6.45, 7) is 3.05. The highest BCUT2D eigenvalue weighted by atomic mass is 16.2. The molecule has 0 saturated carbocycles. The van der Waals surface area contributed by atoms with E-state index in [1.807, 2.05) is 17.0 Å². The van der Waals surface area contributed by atoms with Crippen molar-refractivity contribution in [1.29, 1.82) is 0 Å². The highest BCUT2D eigenvalue weighted by molar-refractivity contribution is 6.01. The normalized spacial score (nSPS) is 23.9. The molecule has 17 heavy (non-hydrogen) atoms. The first-order chi connectivity index (χ1) is 8.34. The predicted octanol–water partition coefficient (Wildman–Crippen LogP) is 1.58. The van der Waals surface area contributed by atoms with E-state index < -0.39 is 0 Å². The second kappa shape index (κ2) is 4.49. The number of amides is 1. The molecule has 1 N–H and O–H groups in total. The lowest BCUT2D eigenvalue weighted by molar-refractivity contribution is -0.117. The number of piperidine rings is 1. The van der Waals surface area contributed by atoms with Gasteiger partial charge in [0.25, 0.3) is 0 Å².